The zero-order valence-corrected chi connectivity index (χ0v) is 23.5. The van der Waals surface area contributed by atoms with Gasteiger partial charge in [0.05, 0.1) is 0 Å². The summed E-state index contributed by atoms with van der Waals surface area (Å²) >= 11 is 3.70. The molecule has 0 unspecified atom stereocenters. The first-order valence-corrected chi connectivity index (χ1v) is 17.0. The maximum atomic E-state index is 5.19. The van der Waals surface area contributed by atoms with Crippen molar-refractivity contribution in [2.45, 2.75) is 0 Å². The van der Waals surface area contributed by atoms with Crippen LogP contribution in [0.25, 0.3) is 49.4 Å². The average molecular weight is 583 g/mol. The quantitative estimate of drug-likeness (QED) is 0.100. The van der Waals surface area contributed by atoms with Gasteiger partial charge in [-0.2, -0.15) is 0 Å². The summed E-state index contributed by atoms with van der Waals surface area (Å²) in [6.45, 7) is 0. The Balaban J connectivity index is 1.51. The van der Waals surface area contributed by atoms with Gasteiger partial charge in [-0.15, -0.1) is 0 Å². The molecule has 0 amide bonds. The zero-order valence-electron chi connectivity index (χ0n) is 20.9. The fourth-order valence-corrected chi connectivity index (χ4v) is 10.7. The van der Waals surface area contributed by atoms with Gasteiger partial charge in [0.25, 0.3) is 0 Å². The van der Waals surface area contributed by atoms with Crippen LogP contribution in [-0.2, 0) is 0 Å². The molecular weight excluding hydrogens is 560 g/mol. The van der Waals surface area contributed by atoms with Crippen LogP contribution in [0.15, 0.2) is 133 Å². The van der Waals surface area contributed by atoms with E-state index in [4.69, 9.17) is 9.97 Å². The standard InChI is InChI=1S/C34H22N3PSe/c39-38(24-12-3-1-4-13-24,25-14-5-2-6-15-25)26-19-20-30-32(22-26)37-31-18-10-8-16-27(31)33-28(34(37)36-30)21-23-11-7-9-17-29(23)35-33/h1-22H. The van der Waals surface area contributed by atoms with Gasteiger partial charge in [-0.05, 0) is 0 Å². The van der Waals surface area contributed by atoms with Gasteiger partial charge in [-0.3, -0.25) is 0 Å². The third-order valence-electron chi connectivity index (χ3n) is 7.61. The van der Waals surface area contributed by atoms with Crippen molar-refractivity contribution in [3.05, 3.63) is 133 Å². The summed E-state index contributed by atoms with van der Waals surface area (Å²) in [6.07, 6.45) is 0. The molecule has 8 rings (SSSR count). The number of benzene rings is 5. The molecule has 39 heavy (non-hydrogen) atoms. The molecular formula is C34H22N3PSe. The van der Waals surface area contributed by atoms with E-state index in [1.165, 1.54) is 15.9 Å². The molecule has 0 spiro atoms. The van der Waals surface area contributed by atoms with E-state index in [1.54, 1.807) is 0 Å². The molecule has 3 nitrogen and oxygen atoms in total. The molecule has 8 aromatic rings. The minimum absolute atomic E-state index is 0.942. The van der Waals surface area contributed by atoms with Crippen molar-refractivity contribution in [2.75, 3.05) is 0 Å². The summed E-state index contributed by atoms with van der Waals surface area (Å²) in [4.78, 5) is 10.3. The third-order valence-corrected chi connectivity index (χ3v) is 14.6. The topological polar surface area (TPSA) is 30.2 Å². The number of hydrogen-bond acceptors (Lipinski definition) is 2. The predicted molar refractivity (Wildman–Crippen MR) is 167 cm³/mol. The predicted octanol–water partition coefficient (Wildman–Crippen LogP) is 6.72. The summed E-state index contributed by atoms with van der Waals surface area (Å²) in [6, 6.07) is 47.6. The molecule has 0 saturated heterocycles. The fourth-order valence-electron chi connectivity index (χ4n) is 5.77. The van der Waals surface area contributed by atoms with Crippen molar-refractivity contribution in [2.24, 2.45) is 0 Å². The molecule has 0 aliphatic carbocycles. The Morgan fingerprint density at radius 3 is 1.95 bits per heavy atom. The normalized spacial score (nSPS) is 12.2. The van der Waals surface area contributed by atoms with Crippen molar-refractivity contribution in [1.29, 1.82) is 0 Å². The van der Waals surface area contributed by atoms with Gasteiger partial charge in [-0.1, -0.05) is 0 Å². The van der Waals surface area contributed by atoms with Crippen LogP contribution >= 0.6 is 5.51 Å². The summed E-state index contributed by atoms with van der Waals surface area (Å²) in [5.74, 6) is 0. The summed E-state index contributed by atoms with van der Waals surface area (Å²) in [7, 11) is 0. The minimum atomic E-state index is -2.00. The Hall–Kier alpha value is -4.07. The van der Waals surface area contributed by atoms with Crippen LogP contribution in [0.1, 0.15) is 0 Å². The van der Waals surface area contributed by atoms with Crippen molar-refractivity contribution in [1.82, 2.24) is 14.4 Å². The molecule has 0 fully saturated rings. The fraction of sp³-hybridized carbons (Fsp3) is 0. The molecule has 0 saturated carbocycles. The van der Waals surface area contributed by atoms with Gasteiger partial charge >= 0.3 is 234 Å². The van der Waals surface area contributed by atoms with E-state index in [-0.39, 0.29) is 0 Å². The molecule has 5 aromatic carbocycles. The number of fused-ring (bicyclic) bond motifs is 9. The molecule has 0 atom stereocenters. The first-order valence-electron chi connectivity index (χ1n) is 13.0. The van der Waals surface area contributed by atoms with Crippen molar-refractivity contribution < 1.29 is 0 Å². The Morgan fingerprint density at radius 1 is 0.513 bits per heavy atom. The van der Waals surface area contributed by atoms with Gasteiger partial charge in [0.15, 0.2) is 0 Å². The van der Waals surface area contributed by atoms with Crippen LogP contribution < -0.4 is 15.9 Å². The number of pyridine rings is 2. The molecule has 0 N–H and O–H groups in total. The van der Waals surface area contributed by atoms with Crippen LogP contribution in [0.3, 0.4) is 0 Å². The van der Waals surface area contributed by atoms with E-state index in [2.05, 4.69) is 147 Å². The molecule has 0 aliphatic heterocycles. The van der Waals surface area contributed by atoms with E-state index in [0.717, 1.165) is 49.4 Å². The second-order valence-electron chi connectivity index (χ2n) is 9.82. The monoisotopic (exact) mass is 583 g/mol. The van der Waals surface area contributed by atoms with Gasteiger partial charge in [-0.25, -0.2) is 0 Å². The molecule has 3 aromatic heterocycles. The third kappa shape index (κ3) is 3.40. The van der Waals surface area contributed by atoms with Gasteiger partial charge < -0.3 is 0 Å². The number of nitrogens with zero attached hydrogens (tertiary/aromatic N) is 3. The number of para-hydroxylation sites is 2. The van der Waals surface area contributed by atoms with Crippen molar-refractivity contribution >= 4 is 85.9 Å². The van der Waals surface area contributed by atoms with Crippen LogP contribution in [0, 0.1) is 0 Å². The Morgan fingerprint density at radius 2 is 1.18 bits per heavy atom. The summed E-state index contributed by atoms with van der Waals surface area (Å²) < 4.78 is 2.33. The maximum absolute atomic E-state index is 5.19. The first-order chi connectivity index (χ1) is 19.2. The Bertz CT molecular complexity index is 2210. The SMILES string of the molecule is [Se]=P(c1ccccc1)(c1ccccc1)c1ccc2nc3c4cc5ccccc5nc4c4ccccc4n3c2c1. The molecule has 0 aliphatic rings. The average Bonchev–Trinajstić information content (AvgIpc) is 3.40. The summed E-state index contributed by atoms with van der Waals surface area (Å²) in [5.41, 5.74) is 4.14. The molecule has 0 bridgehead atoms. The number of imidazole rings is 1. The molecule has 3 heterocycles. The Kier molecular flexibility index (Phi) is 5.12. The van der Waals surface area contributed by atoms with E-state index >= 15 is 0 Å². The number of hydrogen-bond donors (Lipinski definition) is 0. The van der Waals surface area contributed by atoms with Crippen molar-refractivity contribution in [3.63, 3.8) is 0 Å². The molecule has 184 valence electrons. The van der Waals surface area contributed by atoms with E-state index in [0.29, 0.717) is 0 Å². The first kappa shape index (κ1) is 22.9. The summed E-state index contributed by atoms with van der Waals surface area (Å²) in [5, 5.41) is 7.24. The molecule has 5 heteroatoms. The van der Waals surface area contributed by atoms with Gasteiger partial charge in [0.2, 0.25) is 0 Å². The molecule has 0 radical (unpaired) electrons. The van der Waals surface area contributed by atoms with Crippen LogP contribution in [-0.4, -0.2) is 29.5 Å². The van der Waals surface area contributed by atoms with Gasteiger partial charge in [0.1, 0.15) is 0 Å². The second-order valence-corrected chi connectivity index (χ2v) is 16.0. The van der Waals surface area contributed by atoms with E-state index in [1.807, 2.05) is 6.07 Å². The van der Waals surface area contributed by atoms with Crippen LogP contribution in [0.2, 0.25) is 0 Å². The van der Waals surface area contributed by atoms with Gasteiger partial charge in [0, 0.05) is 0 Å². The van der Waals surface area contributed by atoms with Crippen molar-refractivity contribution in [3.8, 4) is 0 Å². The van der Waals surface area contributed by atoms with E-state index in [9.17, 15) is 0 Å². The van der Waals surface area contributed by atoms with E-state index < -0.39 is 5.51 Å². The zero-order chi connectivity index (χ0) is 26.0. The van der Waals surface area contributed by atoms with Crippen LogP contribution in [0.4, 0.5) is 0 Å². The second kappa shape index (κ2) is 8.73. The Labute approximate surface area is 233 Å². The number of rotatable bonds is 3. The van der Waals surface area contributed by atoms with Crippen LogP contribution in [0.5, 0.6) is 0 Å². The number of aromatic nitrogens is 3.